The van der Waals surface area contributed by atoms with Crippen molar-refractivity contribution in [2.24, 2.45) is 5.92 Å². The van der Waals surface area contributed by atoms with E-state index >= 15 is 0 Å². The second kappa shape index (κ2) is 6.09. The van der Waals surface area contributed by atoms with E-state index < -0.39 is 22.0 Å². The van der Waals surface area contributed by atoms with Crippen molar-refractivity contribution in [3.8, 4) is 0 Å². The van der Waals surface area contributed by atoms with Crippen molar-refractivity contribution < 1.29 is 18.4 Å². The first-order valence-electron chi connectivity index (χ1n) is 8.48. The molecule has 7 heteroatoms. The van der Waals surface area contributed by atoms with Crippen LogP contribution < -0.4 is 5.48 Å². The number of hydrogen-bond acceptors (Lipinski definition) is 4. The van der Waals surface area contributed by atoms with Gasteiger partial charge in [0, 0.05) is 6.04 Å². The Hall–Kier alpha value is -1.96. The summed E-state index contributed by atoms with van der Waals surface area (Å²) in [6.07, 6.45) is 3.14. The quantitative estimate of drug-likeness (QED) is 0.649. The Morgan fingerprint density at radius 3 is 2.40 bits per heavy atom. The number of hydroxylamine groups is 1. The molecule has 2 aromatic rings. The maximum atomic E-state index is 13.3. The Kier molecular flexibility index (Phi) is 4.02. The molecular weight excluding hydrogens is 340 g/mol. The van der Waals surface area contributed by atoms with E-state index in [2.05, 4.69) is 0 Å². The number of benzene rings is 2. The van der Waals surface area contributed by atoms with E-state index in [-0.39, 0.29) is 16.9 Å². The number of sulfonamides is 1. The third-order valence-electron chi connectivity index (χ3n) is 5.50. The average molecular weight is 360 g/mol. The van der Waals surface area contributed by atoms with Crippen molar-refractivity contribution in [2.45, 2.75) is 42.7 Å². The van der Waals surface area contributed by atoms with Gasteiger partial charge in [-0.3, -0.25) is 10.0 Å². The Bertz CT molecular complexity index is 920. The van der Waals surface area contributed by atoms with Crippen LogP contribution in [0.3, 0.4) is 0 Å². The highest BCUT2D eigenvalue weighted by atomic mass is 32.2. The highest BCUT2D eigenvalue weighted by molar-refractivity contribution is 7.89. The Balaban J connectivity index is 1.80. The fourth-order valence-corrected chi connectivity index (χ4v) is 6.23. The molecule has 2 saturated heterocycles. The van der Waals surface area contributed by atoms with Gasteiger partial charge in [0.2, 0.25) is 10.0 Å². The second-order valence-corrected chi connectivity index (χ2v) is 8.68. The molecule has 1 atom stereocenters. The fraction of sp³-hybridized carbons (Fsp3) is 0.389. The maximum absolute atomic E-state index is 13.3. The number of fused-ring (bicyclic) bond motifs is 4. The van der Waals surface area contributed by atoms with Gasteiger partial charge in [0.15, 0.2) is 0 Å². The number of carbonyl (C=O) groups is 1. The summed E-state index contributed by atoms with van der Waals surface area (Å²) in [7, 11) is -3.83. The van der Waals surface area contributed by atoms with E-state index in [9.17, 15) is 13.2 Å². The van der Waals surface area contributed by atoms with E-state index in [0.717, 1.165) is 36.5 Å². The van der Waals surface area contributed by atoms with Crippen LogP contribution in [0.4, 0.5) is 0 Å². The van der Waals surface area contributed by atoms with Crippen LogP contribution in [0.1, 0.15) is 25.7 Å². The molecule has 2 aromatic carbocycles. The van der Waals surface area contributed by atoms with E-state index in [4.69, 9.17) is 5.21 Å². The van der Waals surface area contributed by atoms with E-state index in [0.29, 0.717) is 0 Å². The van der Waals surface area contributed by atoms with Gasteiger partial charge < -0.3 is 0 Å². The highest BCUT2D eigenvalue weighted by Gasteiger charge is 2.50. The molecule has 3 fully saturated rings. The van der Waals surface area contributed by atoms with Crippen molar-refractivity contribution in [3.05, 3.63) is 42.5 Å². The largest absolute Gasteiger partial charge is 0.289 e. The van der Waals surface area contributed by atoms with Gasteiger partial charge in [-0.2, -0.15) is 4.31 Å². The number of rotatable bonds is 3. The predicted molar refractivity (Wildman–Crippen MR) is 92.4 cm³/mol. The highest BCUT2D eigenvalue weighted by Crippen LogP contribution is 2.42. The molecule has 2 N–H and O–H groups in total. The lowest BCUT2D eigenvalue weighted by atomic mass is 9.76. The minimum atomic E-state index is -3.83. The molecule has 0 unspecified atom stereocenters. The molecule has 2 bridgehead atoms. The number of nitrogens with zero attached hydrogens (tertiary/aromatic N) is 1. The molecule has 25 heavy (non-hydrogen) atoms. The Morgan fingerprint density at radius 1 is 1.04 bits per heavy atom. The molecule has 0 spiro atoms. The summed E-state index contributed by atoms with van der Waals surface area (Å²) < 4.78 is 28.0. The molecule has 2 heterocycles. The summed E-state index contributed by atoms with van der Waals surface area (Å²) >= 11 is 0. The summed E-state index contributed by atoms with van der Waals surface area (Å²) in [5.41, 5.74) is 1.66. The van der Waals surface area contributed by atoms with Crippen molar-refractivity contribution in [2.75, 3.05) is 0 Å². The monoisotopic (exact) mass is 360 g/mol. The molecule has 0 aromatic heterocycles. The van der Waals surface area contributed by atoms with Gasteiger partial charge in [0.1, 0.15) is 6.04 Å². The number of hydrogen-bond donors (Lipinski definition) is 2. The number of amides is 1. The van der Waals surface area contributed by atoms with Gasteiger partial charge in [0.05, 0.1) is 4.90 Å². The summed E-state index contributed by atoms with van der Waals surface area (Å²) in [6, 6.07) is 11.6. The van der Waals surface area contributed by atoms with Gasteiger partial charge in [0.25, 0.3) is 5.91 Å². The van der Waals surface area contributed by atoms with Crippen LogP contribution in [0.2, 0.25) is 0 Å². The molecule has 1 amide bonds. The van der Waals surface area contributed by atoms with Crippen LogP contribution in [-0.4, -0.2) is 35.9 Å². The zero-order chi connectivity index (χ0) is 17.6. The van der Waals surface area contributed by atoms with Crippen LogP contribution in [-0.2, 0) is 14.8 Å². The number of carbonyl (C=O) groups excluding carboxylic acids is 1. The molecule has 5 rings (SSSR count). The normalized spacial score (nSPS) is 26.7. The molecule has 6 nitrogen and oxygen atoms in total. The van der Waals surface area contributed by atoms with Gasteiger partial charge in [-0.25, -0.2) is 13.9 Å². The molecule has 2 aliphatic heterocycles. The fourth-order valence-electron chi connectivity index (χ4n) is 4.30. The van der Waals surface area contributed by atoms with Crippen molar-refractivity contribution in [3.63, 3.8) is 0 Å². The van der Waals surface area contributed by atoms with Crippen molar-refractivity contribution in [1.82, 2.24) is 9.79 Å². The SMILES string of the molecule is O=C(NO)[C@H]1C2CCC(CC2)N1S(=O)(=O)c1ccc2ccccc2c1. The Labute approximate surface area is 146 Å². The average Bonchev–Trinajstić information content (AvgIpc) is 2.67. The van der Waals surface area contributed by atoms with Crippen LogP contribution in [0, 0.1) is 5.92 Å². The Morgan fingerprint density at radius 2 is 1.72 bits per heavy atom. The molecule has 1 saturated carbocycles. The first-order valence-corrected chi connectivity index (χ1v) is 9.92. The summed E-state index contributed by atoms with van der Waals surface area (Å²) in [6.45, 7) is 0. The summed E-state index contributed by atoms with van der Waals surface area (Å²) in [4.78, 5) is 12.4. The van der Waals surface area contributed by atoms with Crippen LogP contribution in [0.25, 0.3) is 10.8 Å². The van der Waals surface area contributed by atoms with E-state index in [1.807, 2.05) is 24.3 Å². The third kappa shape index (κ3) is 2.63. The smallest absolute Gasteiger partial charge is 0.262 e. The minimum Gasteiger partial charge on any atom is -0.289 e. The first-order chi connectivity index (χ1) is 12.0. The molecule has 132 valence electrons. The van der Waals surface area contributed by atoms with Gasteiger partial charge in [-0.1, -0.05) is 30.3 Å². The third-order valence-corrected chi connectivity index (χ3v) is 7.43. The zero-order valence-electron chi connectivity index (χ0n) is 13.6. The van der Waals surface area contributed by atoms with E-state index in [1.54, 1.807) is 23.7 Å². The summed E-state index contributed by atoms with van der Waals surface area (Å²) in [5.74, 6) is -0.689. The van der Waals surface area contributed by atoms with E-state index in [1.165, 1.54) is 4.31 Å². The van der Waals surface area contributed by atoms with Gasteiger partial charge in [-0.05, 0) is 54.5 Å². The minimum absolute atomic E-state index is 0.0487. The standard InChI is InChI=1S/C18H20N2O4S/c21-18(19-22)17-13-5-8-15(9-6-13)20(17)25(23,24)16-10-7-12-3-1-2-4-14(12)11-16/h1-4,7,10-11,13,15,17,22H,5-6,8-9H2,(H,19,21)/t13?,15?,17-/m1/s1. The van der Waals surface area contributed by atoms with Crippen LogP contribution in [0.5, 0.6) is 0 Å². The van der Waals surface area contributed by atoms with Gasteiger partial charge in [-0.15, -0.1) is 0 Å². The van der Waals surface area contributed by atoms with Crippen molar-refractivity contribution in [1.29, 1.82) is 0 Å². The molecule has 3 aliphatic rings. The first kappa shape index (κ1) is 16.5. The molecular formula is C18H20N2O4S. The van der Waals surface area contributed by atoms with Crippen molar-refractivity contribution >= 4 is 26.7 Å². The number of nitrogens with one attached hydrogen (secondary N) is 1. The zero-order valence-corrected chi connectivity index (χ0v) is 14.4. The predicted octanol–water partition coefficient (Wildman–Crippen LogP) is 2.28. The topological polar surface area (TPSA) is 86.7 Å². The van der Waals surface area contributed by atoms with Gasteiger partial charge >= 0.3 is 0 Å². The second-order valence-electron chi connectivity index (χ2n) is 6.83. The molecule has 0 radical (unpaired) electrons. The van der Waals surface area contributed by atoms with Crippen LogP contribution in [0.15, 0.2) is 47.4 Å². The number of piperidine rings is 2. The lowest BCUT2D eigenvalue weighted by Gasteiger charge is -2.49. The summed E-state index contributed by atoms with van der Waals surface area (Å²) in [5, 5.41) is 10.9. The lowest BCUT2D eigenvalue weighted by molar-refractivity contribution is -0.139. The maximum Gasteiger partial charge on any atom is 0.262 e. The van der Waals surface area contributed by atoms with Crippen LogP contribution >= 0.6 is 0 Å². The molecule has 1 aliphatic carbocycles. The lowest BCUT2D eigenvalue weighted by Crippen LogP contribution is -2.62.